The van der Waals surface area contributed by atoms with Gasteiger partial charge in [0.25, 0.3) is 0 Å². The zero-order valence-corrected chi connectivity index (χ0v) is 12.6. The minimum Gasteiger partial charge on any atom is -0.398 e. The van der Waals surface area contributed by atoms with Crippen molar-refractivity contribution in [2.75, 3.05) is 17.2 Å². The van der Waals surface area contributed by atoms with Crippen molar-refractivity contribution in [2.24, 2.45) is 0 Å². The number of nitrogen functional groups attached to an aromatic ring is 1. The van der Waals surface area contributed by atoms with Crippen molar-refractivity contribution < 1.29 is 0 Å². The van der Waals surface area contributed by atoms with E-state index in [4.69, 9.17) is 10.7 Å². The van der Waals surface area contributed by atoms with Gasteiger partial charge in [-0.05, 0) is 30.9 Å². The molecule has 1 aliphatic rings. The van der Waals surface area contributed by atoms with Crippen LogP contribution in [-0.4, -0.2) is 15.9 Å². The van der Waals surface area contributed by atoms with E-state index in [1.54, 1.807) is 0 Å². The minimum atomic E-state index is 0.616. The van der Waals surface area contributed by atoms with Gasteiger partial charge < -0.3 is 10.6 Å². The van der Waals surface area contributed by atoms with Crippen molar-refractivity contribution in [3.05, 3.63) is 35.7 Å². The highest BCUT2D eigenvalue weighted by atomic mass is 32.1. The van der Waals surface area contributed by atoms with E-state index in [2.05, 4.69) is 22.3 Å². The van der Waals surface area contributed by atoms with Crippen LogP contribution in [0.4, 0.5) is 10.8 Å². The van der Waals surface area contributed by atoms with E-state index in [1.807, 2.05) is 18.2 Å². The van der Waals surface area contributed by atoms with Crippen LogP contribution in [0.1, 0.15) is 43.5 Å². The summed E-state index contributed by atoms with van der Waals surface area (Å²) in [6.07, 6.45) is 3.58. The van der Waals surface area contributed by atoms with Crippen LogP contribution in [0.25, 0.3) is 0 Å². The fraction of sp³-hybridized carbons (Fsp3) is 0.467. The van der Waals surface area contributed by atoms with Crippen LogP contribution >= 0.6 is 11.5 Å². The molecule has 0 unspecified atom stereocenters. The van der Waals surface area contributed by atoms with Crippen LogP contribution in [0.15, 0.2) is 24.3 Å². The monoisotopic (exact) mass is 288 g/mol. The van der Waals surface area contributed by atoms with E-state index in [9.17, 15) is 0 Å². The first-order valence-corrected chi connectivity index (χ1v) is 7.97. The van der Waals surface area contributed by atoms with Crippen LogP contribution in [0, 0.1) is 0 Å². The van der Waals surface area contributed by atoms with Crippen LogP contribution in [-0.2, 0) is 6.54 Å². The van der Waals surface area contributed by atoms with E-state index in [-0.39, 0.29) is 0 Å². The van der Waals surface area contributed by atoms with Crippen molar-refractivity contribution in [1.29, 1.82) is 0 Å². The number of hydrogen-bond donors (Lipinski definition) is 1. The molecule has 106 valence electrons. The van der Waals surface area contributed by atoms with Crippen molar-refractivity contribution in [3.63, 3.8) is 0 Å². The van der Waals surface area contributed by atoms with Gasteiger partial charge in [0, 0.05) is 36.2 Å². The topological polar surface area (TPSA) is 55.0 Å². The summed E-state index contributed by atoms with van der Waals surface area (Å²) in [5.41, 5.74) is 8.05. The third kappa shape index (κ3) is 2.93. The maximum absolute atomic E-state index is 6.05. The van der Waals surface area contributed by atoms with Crippen LogP contribution in [0.5, 0.6) is 0 Å². The summed E-state index contributed by atoms with van der Waals surface area (Å²) in [7, 11) is 0. The molecule has 3 rings (SSSR count). The highest BCUT2D eigenvalue weighted by Crippen LogP contribution is 2.39. The Kier molecular flexibility index (Phi) is 3.87. The molecule has 2 aromatic rings. The average Bonchev–Trinajstić information content (AvgIpc) is 3.19. The van der Waals surface area contributed by atoms with Gasteiger partial charge in [0.05, 0.1) is 0 Å². The first kappa shape index (κ1) is 13.4. The zero-order valence-electron chi connectivity index (χ0n) is 11.7. The number of benzene rings is 1. The molecular formula is C15H20N4S. The number of hydrogen-bond acceptors (Lipinski definition) is 5. The van der Waals surface area contributed by atoms with Crippen LogP contribution in [0.2, 0.25) is 0 Å². The Bertz CT molecular complexity index is 577. The van der Waals surface area contributed by atoms with Gasteiger partial charge in [-0.15, -0.1) is 0 Å². The van der Waals surface area contributed by atoms with Crippen molar-refractivity contribution in [1.82, 2.24) is 9.36 Å². The van der Waals surface area contributed by atoms with Crippen molar-refractivity contribution in [3.8, 4) is 0 Å². The minimum absolute atomic E-state index is 0.616. The molecule has 5 heteroatoms. The Balaban J connectivity index is 1.78. The number of rotatable bonds is 6. The van der Waals surface area contributed by atoms with Gasteiger partial charge in [0.15, 0.2) is 0 Å². The maximum atomic E-state index is 6.05. The standard InChI is InChI=1S/C15H20N4S/c1-2-9-19(10-12-5-3-4-6-13(12)16)15-17-14(18-20-15)11-7-8-11/h3-6,11H,2,7-10,16H2,1H3. The number of nitrogens with zero attached hydrogens (tertiary/aromatic N) is 3. The predicted molar refractivity (Wildman–Crippen MR) is 84.1 cm³/mol. The first-order chi connectivity index (χ1) is 9.78. The summed E-state index contributed by atoms with van der Waals surface area (Å²) in [5.74, 6) is 1.65. The Labute approximate surface area is 123 Å². The van der Waals surface area contributed by atoms with Gasteiger partial charge in [0.1, 0.15) is 5.82 Å². The molecule has 0 radical (unpaired) electrons. The van der Waals surface area contributed by atoms with Gasteiger partial charge in [-0.25, -0.2) is 4.98 Å². The molecule has 0 spiro atoms. The van der Waals surface area contributed by atoms with Gasteiger partial charge in [-0.3, -0.25) is 0 Å². The van der Waals surface area contributed by atoms with E-state index in [0.717, 1.165) is 41.7 Å². The molecule has 2 N–H and O–H groups in total. The van der Waals surface area contributed by atoms with Gasteiger partial charge in [-0.1, -0.05) is 25.1 Å². The lowest BCUT2D eigenvalue weighted by Crippen LogP contribution is -2.23. The summed E-state index contributed by atoms with van der Waals surface area (Å²) in [6.45, 7) is 3.97. The Morgan fingerprint density at radius 1 is 1.35 bits per heavy atom. The quantitative estimate of drug-likeness (QED) is 0.828. The fourth-order valence-corrected chi connectivity index (χ4v) is 3.03. The average molecular weight is 288 g/mol. The number of nitrogens with two attached hydrogens (primary N) is 1. The van der Waals surface area contributed by atoms with Gasteiger partial charge >= 0.3 is 0 Å². The molecule has 4 nitrogen and oxygen atoms in total. The Hall–Kier alpha value is -1.62. The second-order valence-electron chi connectivity index (χ2n) is 5.33. The maximum Gasteiger partial charge on any atom is 0.205 e. The largest absolute Gasteiger partial charge is 0.398 e. The molecule has 0 bridgehead atoms. The number of anilines is 2. The number of aromatic nitrogens is 2. The van der Waals surface area contributed by atoms with E-state index in [0.29, 0.717) is 5.92 Å². The molecule has 1 heterocycles. The summed E-state index contributed by atoms with van der Waals surface area (Å²) in [6, 6.07) is 8.04. The lowest BCUT2D eigenvalue weighted by atomic mass is 10.1. The fourth-order valence-electron chi connectivity index (χ4n) is 2.26. The zero-order chi connectivity index (χ0) is 13.9. The third-order valence-electron chi connectivity index (χ3n) is 3.55. The summed E-state index contributed by atoms with van der Waals surface area (Å²) in [5, 5.41) is 1.03. The molecule has 1 aliphatic carbocycles. The van der Waals surface area contributed by atoms with Crippen molar-refractivity contribution >= 4 is 22.4 Å². The highest BCUT2D eigenvalue weighted by Gasteiger charge is 2.28. The molecule has 1 aromatic heterocycles. The van der Waals surface area contributed by atoms with Crippen molar-refractivity contribution in [2.45, 2.75) is 38.6 Å². The summed E-state index contributed by atoms with van der Waals surface area (Å²) >= 11 is 1.52. The second-order valence-corrected chi connectivity index (χ2v) is 6.06. The molecule has 0 saturated heterocycles. The third-order valence-corrected chi connectivity index (χ3v) is 4.34. The Morgan fingerprint density at radius 2 is 2.15 bits per heavy atom. The van der Waals surface area contributed by atoms with Crippen LogP contribution in [0.3, 0.4) is 0 Å². The van der Waals surface area contributed by atoms with E-state index >= 15 is 0 Å². The van der Waals surface area contributed by atoms with E-state index < -0.39 is 0 Å². The van der Waals surface area contributed by atoms with Gasteiger partial charge in [-0.2, -0.15) is 4.37 Å². The molecule has 1 fully saturated rings. The molecule has 0 aliphatic heterocycles. The Morgan fingerprint density at radius 3 is 2.85 bits per heavy atom. The van der Waals surface area contributed by atoms with Crippen LogP contribution < -0.4 is 10.6 Å². The number of para-hydroxylation sites is 1. The molecule has 1 saturated carbocycles. The highest BCUT2D eigenvalue weighted by molar-refractivity contribution is 7.09. The lowest BCUT2D eigenvalue weighted by molar-refractivity contribution is 0.761. The SMILES string of the molecule is CCCN(Cc1ccccc1N)c1nc(C2CC2)ns1. The van der Waals surface area contributed by atoms with Gasteiger partial charge in [0.2, 0.25) is 5.13 Å². The smallest absolute Gasteiger partial charge is 0.205 e. The molecular weight excluding hydrogens is 268 g/mol. The second kappa shape index (κ2) is 5.79. The molecule has 20 heavy (non-hydrogen) atoms. The summed E-state index contributed by atoms with van der Waals surface area (Å²) in [4.78, 5) is 7.00. The van der Waals surface area contributed by atoms with E-state index in [1.165, 1.54) is 24.4 Å². The summed E-state index contributed by atoms with van der Waals surface area (Å²) < 4.78 is 4.50. The molecule has 1 aromatic carbocycles. The predicted octanol–water partition coefficient (Wildman–Crippen LogP) is 3.41. The first-order valence-electron chi connectivity index (χ1n) is 7.20. The normalized spacial score (nSPS) is 14.4. The lowest BCUT2D eigenvalue weighted by Gasteiger charge is -2.21. The molecule has 0 atom stereocenters. The molecule has 0 amide bonds.